The van der Waals surface area contributed by atoms with Crippen molar-refractivity contribution in [2.24, 2.45) is 0 Å². The second-order valence-corrected chi connectivity index (χ2v) is 4.17. The number of amides is 1. The molecule has 0 fully saturated rings. The SMILES string of the molecule is CCC(CC#N)NC(=O)c1c(C)cccc1[N+](=O)[O-]. The first-order chi connectivity index (χ1) is 9.01. The monoisotopic (exact) mass is 261 g/mol. The second-order valence-electron chi connectivity index (χ2n) is 4.17. The topological polar surface area (TPSA) is 96.0 Å². The summed E-state index contributed by atoms with van der Waals surface area (Å²) in [5, 5.41) is 22.2. The van der Waals surface area contributed by atoms with Gasteiger partial charge in [-0.15, -0.1) is 0 Å². The predicted octanol–water partition coefficient (Wildman–Crippen LogP) is 2.33. The van der Waals surface area contributed by atoms with Crippen molar-refractivity contribution in [1.82, 2.24) is 5.32 Å². The van der Waals surface area contributed by atoms with Crippen molar-refractivity contribution in [2.75, 3.05) is 0 Å². The fraction of sp³-hybridized carbons (Fsp3) is 0.385. The summed E-state index contributed by atoms with van der Waals surface area (Å²) in [6.45, 7) is 3.49. The summed E-state index contributed by atoms with van der Waals surface area (Å²) >= 11 is 0. The maximum absolute atomic E-state index is 12.1. The van der Waals surface area contributed by atoms with Crippen molar-refractivity contribution in [1.29, 1.82) is 5.26 Å². The zero-order chi connectivity index (χ0) is 14.4. The van der Waals surface area contributed by atoms with Crippen LogP contribution in [0.4, 0.5) is 5.69 Å². The quantitative estimate of drug-likeness (QED) is 0.649. The average molecular weight is 261 g/mol. The fourth-order valence-corrected chi connectivity index (χ4v) is 1.77. The molecule has 100 valence electrons. The molecular formula is C13H15N3O3. The molecule has 1 unspecified atom stereocenters. The lowest BCUT2D eigenvalue weighted by Gasteiger charge is -2.14. The average Bonchev–Trinajstić information content (AvgIpc) is 2.37. The first-order valence-corrected chi connectivity index (χ1v) is 5.93. The maximum atomic E-state index is 12.1. The van der Waals surface area contributed by atoms with Gasteiger partial charge in [0.25, 0.3) is 11.6 Å². The number of benzene rings is 1. The van der Waals surface area contributed by atoms with Gasteiger partial charge in [-0.2, -0.15) is 5.26 Å². The molecule has 0 saturated heterocycles. The molecule has 0 saturated carbocycles. The van der Waals surface area contributed by atoms with Crippen LogP contribution >= 0.6 is 0 Å². The minimum Gasteiger partial charge on any atom is -0.348 e. The predicted molar refractivity (Wildman–Crippen MR) is 69.6 cm³/mol. The normalized spacial score (nSPS) is 11.4. The summed E-state index contributed by atoms with van der Waals surface area (Å²) in [7, 11) is 0. The van der Waals surface area contributed by atoms with Crippen LogP contribution in [0.1, 0.15) is 35.7 Å². The Morgan fingerprint density at radius 3 is 2.79 bits per heavy atom. The number of nitrogens with zero attached hydrogens (tertiary/aromatic N) is 2. The first kappa shape index (κ1) is 14.6. The molecular weight excluding hydrogens is 246 g/mol. The lowest BCUT2D eigenvalue weighted by molar-refractivity contribution is -0.385. The van der Waals surface area contributed by atoms with Gasteiger partial charge in [0, 0.05) is 12.1 Å². The molecule has 19 heavy (non-hydrogen) atoms. The highest BCUT2D eigenvalue weighted by Gasteiger charge is 2.23. The Hall–Kier alpha value is -2.42. The van der Waals surface area contributed by atoms with E-state index < -0.39 is 10.8 Å². The van der Waals surface area contributed by atoms with Crippen LogP contribution in [-0.4, -0.2) is 16.9 Å². The van der Waals surface area contributed by atoms with Crippen LogP contribution in [0.2, 0.25) is 0 Å². The zero-order valence-corrected chi connectivity index (χ0v) is 10.8. The summed E-state index contributed by atoms with van der Waals surface area (Å²) in [6.07, 6.45) is 0.779. The minimum atomic E-state index is -0.576. The van der Waals surface area contributed by atoms with E-state index in [2.05, 4.69) is 5.32 Å². The Balaban J connectivity index is 3.06. The van der Waals surface area contributed by atoms with E-state index in [1.165, 1.54) is 12.1 Å². The number of nitro groups is 1. The van der Waals surface area contributed by atoms with Gasteiger partial charge in [-0.25, -0.2) is 0 Å². The summed E-state index contributed by atoms with van der Waals surface area (Å²) in [5.74, 6) is -0.507. The van der Waals surface area contributed by atoms with E-state index in [-0.39, 0.29) is 23.7 Å². The number of nitro benzene ring substituents is 1. The van der Waals surface area contributed by atoms with Crippen molar-refractivity contribution < 1.29 is 9.72 Å². The molecule has 0 spiro atoms. The van der Waals surface area contributed by atoms with E-state index in [9.17, 15) is 14.9 Å². The molecule has 1 aromatic carbocycles. The van der Waals surface area contributed by atoms with Gasteiger partial charge in [0.15, 0.2) is 0 Å². The Bertz CT molecular complexity index is 534. The molecule has 1 rings (SSSR count). The van der Waals surface area contributed by atoms with Gasteiger partial charge in [0.1, 0.15) is 5.56 Å². The van der Waals surface area contributed by atoms with Gasteiger partial charge in [-0.1, -0.05) is 19.1 Å². The van der Waals surface area contributed by atoms with E-state index in [0.29, 0.717) is 12.0 Å². The summed E-state index contributed by atoms with van der Waals surface area (Å²) < 4.78 is 0. The zero-order valence-electron chi connectivity index (χ0n) is 10.8. The van der Waals surface area contributed by atoms with E-state index >= 15 is 0 Å². The van der Waals surface area contributed by atoms with Crippen LogP contribution in [0.15, 0.2) is 18.2 Å². The third kappa shape index (κ3) is 3.52. The smallest absolute Gasteiger partial charge is 0.282 e. The lowest BCUT2D eigenvalue weighted by atomic mass is 10.0. The van der Waals surface area contributed by atoms with Crippen molar-refractivity contribution >= 4 is 11.6 Å². The molecule has 6 heteroatoms. The Morgan fingerprint density at radius 2 is 2.26 bits per heavy atom. The van der Waals surface area contributed by atoms with E-state index in [0.717, 1.165) is 0 Å². The standard InChI is InChI=1S/C13H15N3O3/c1-3-10(7-8-14)15-13(17)12-9(2)5-4-6-11(12)16(18)19/h4-6,10H,3,7H2,1-2H3,(H,15,17). The molecule has 0 aliphatic carbocycles. The molecule has 1 N–H and O–H groups in total. The number of hydrogen-bond acceptors (Lipinski definition) is 4. The molecule has 0 aromatic heterocycles. The van der Waals surface area contributed by atoms with Gasteiger partial charge >= 0.3 is 0 Å². The van der Waals surface area contributed by atoms with Crippen LogP contribution in [-0.2, 0) is 0 Å². The van der Waals surface area contributed by atoms with Crippen LogP contribution in [0.5, 0.6) is 0 Å². The highest BCUT2D eigenvalue weighted by atomic mass is 16.6. The van der Waals surface area contributed by atoms with E-state index in [1.54, 1.807) is 13.0 Å². The third-order valence-electron chi connectivity index (χ3n) is 2.84. The summed E-state index contributed by atoms with van der Waals surface area (Å²) in [6, 6.07) is 6.17. The first-order valence-electron chi connectivity index (χ1n) is 5.93. The Morgan fingerprint density at radius 1 is 1.58 bits per heavy atom. The number of aryl methyl sites for hydroxylation is 1. The Kier molecular flexibility index (Phi) is 5.01. The van der Waals surface area contributed by atoms with E-state index in [1.807, 2.05) is 13.0 Å². The molecule has 6 nitrogen and oxygen atoms in total. The summed E-state index contributed by atoms with van der Waals surface area (Å²) in [4.78, 5) is 22.5. The van der Waals surface area contributed by atoms with Crippen LogP contribution in [0.25, 0.3) is 0 Å². The fourth-order valence-electron chi connectivity index (χ4n) is 1.77. The maximum Gasteiger partial charge on any atom is 0.282 e. The second kappa shape index (κ2) is 6.50. The van der Waals surface area contributed by atoms with Crippen molar-refractivity contribution in [3.8, 4) is 6.07 Å². The van der Waals surface area contributed by atoms with Crippen LogP contribution < -0.4 is 5.32 Å². The number of carbonyl (C=O) groups is 1. The van der Waals surface area contributed by atoms with Crippen molar-refractivity contribution in [2.45, 2.75) is 32.7 Å². The summed E-state index contributed by atoms with van der Waals surface area (Å²) in [5.41, 5.74) is 0.381. The number of carbonyl (C=O) groups excluding carboxylic acids is 1. The highest BCUT2D eigenvalue weighted by molar-refractivity contribution is 5.99. The molecule has 0 radical (unpaired) electrons. The van der Waals surface area contributed by atoms with E-state index in [4.69, 9.17) is 5.26 Å². The molecule has 1 aromatic rings. The molecule has 0 aliphatic heterocycles. The molecule has 0 bridgehead atoms. The molecule has 1 atom stereocenters. The van der Waals surface area contributed by atoms with Crippen molar-refractivity contribution in [3.05, 3.63) is 39.4 Å². The largest absolute Gasteiger partial charge is 0.348 e. The van der Waals surface area contributed by atoms with Crippen LogP contribution in [0.3, 0.4) is 0 Å². The number of rotatable bonds is 5. The van der Waals surface area contributed by atoms with Gasteiger partial charge in [-0.3, -0.25) is 14.9 Å². The highest BCUT2D eigenvalue weighted by Crippen LogP contribution is 2.21. The van der Waals surface area contributed by atoms with Gasteiger partial charge in [0.2, 0.25) is 0 Å². The number of hydrogen-bond donors (Lipinski definition) is 1. The van der Waals surface area contributed by atoms with Crippen molar-refractivity contribution in [3.63, 3.8) is 0 Å². The minimum absolute atomic E-state index is 0.0592. The van der Waals surface area contributed by atoms with Gasteiger partial charge in [-0.05, 0) is 18.9 Å². The Labute approximate surface area is 111 Å². The van der Waals surface area contributed by atoms with Gasteiger partial charge in [0.05, 0.1) is 17.4 Å². The number of nitrogens with one attached hydrogen (secondary N) is 1. The third-order valence-corrected chi connectivity index (χ3v) is 2.84. The molecule has 0 heterocycles. The molecule has 1 amide bonds. The lowest BCUT2D eigenvalue weighted by Crippen LogP contribution is -2.34. The number of nitriles is 1. The molecule has 0 aliphatic rings. The van der Waals surface area contributed by atoms with Crippen LogP contribution in [0, 0.1) is 28.4 Å². The van der Waals surface area contributed by atoms with Gasteiger partial charge < -0.3 is 5.32 Å².